The van der Waals surface area contributed by atoms with Gasteiger partial charge in [-0.15, -0.1) is 23.4 Å². The van der Waals surface area contributed by atoms with Gasteiger partial charge in [0.2, 0.25) is 0 Å². The van der Waals surface area contributed by atoms with Crippen LogP contribution >= 0.6 is 23.4 Å². The van der Waals surface area contributed by atoms with E-state index >= 15 is 0 Å². The second kappa shape index (κ2) is 7.19. The molecule has 0 aliphatic heterocycles. The Morgan fingerprint density at radius 1 is 1.27 bits per heavy atom. The normalized spacial score (nSPS) is 12.7. The summed E-state index contributed by atoms with van der Waals surface area (Å²) in [5.74, 6) is 2.64. The Kier molecular flexibility index (Phi) is 6.19. The van der Waals surface area contributed by atoms with Crippen molar-refractivity contribution in [3.63, 3.8) is 0 Å². The van der Waals surface area contributed by atoms with E-state index < -0.39 is 0 Å². The fourth-order valence-corrected chi connectivity index (χ4v) is 2.64. The number of rotatable bonds is 6. The quantitative estimate of drug-likeness (QED) is 0.502. The summed E-state index contributed by atoms with van der Waals surface area (Å²) in [6.45, 7) is 4.57. The van der Waals surface area contributed by atoms with Crippen LogP contribution in [0.2, 0.25) is 0 Å². The first-order valence-corrected chi connectivity index (χ1v) is 7.06. The highest BCUT2D eigenvalue weighted by molar-refractivity contribution is 7.99. The Balaban J connectivity index is 2.37. The zero-order valence-electron chi connectivity index (χ0n) is 9.50. The van der Waals surface area contributed by atoms with E-state index in [0.29, 0.717) is 5.88 Å². The Hall–Kier alpha value is -0.140. The number of benzene rings is 1. The van der Waals surface area contributed by atoms with E-state index in [1.165, 1.54) is 29.1 Å². The molecule has 15 heavy (non-hydrogen) atoms. The molecule has 0 saturated carbocycles. The average Bonchev–Trinajstić information content (AvgIpc) is 2.27. The molecule has 1 aromatic rings. The highest BCUT2D eigenvalue weighted by Crippen LogP contribution is 2.23. The van der Waals surface area contributed by atoms with Crippen molar-refractivity contribution in [1.82, 2.24) is 0 Å². The van der Waals surface area contributed by atoms with Crippen molar-refractivity contribution in [1.29, 1.82) is 0 Å². The third-order valence-electron chi connectivity index (χ3n) is 2.39. The largest absolute Gasteiger partial charge is 0.126 e. The van der Waals surface area contributed by atoms with Crippen molar-refractivity contribution in [2.45, 2.75) is 37.5 Å². The summed E-state index contributed by atoms with van der Waals surface area (Å²) < 4.78 is 0. The number of hydrogen-bond donors (Lipinski definition) is 0. The molecule has 0 N–H and O–H groups in total. The number of thioether (sulfide) groups is 1. The van der Waals surface area contributed by atoms with Gasteiger partial charge in [0.1, 0.15) is 0 Å². The number of hydrogen-bond acceptors (Lipinski definition) is 1. The van der Waals surface area contributed by atoms with Crippen LogP contribution in [0.1, 0.15) is 32.3 Å². The molecule has 1 unspecified atom stereocenters. The van der Waals surface area contributed by atoms with Gasteiger partial charge in [0, 0.05) is 16.5 Å². The van der Waals surface area contributed by atoms with Gasteiger partial charge in [-0.25, -0.2) is 0 Å². The van der Waals surface area contributed by atoms with Crippen molar-refractivity contribution >= 4 is 23.4 Å². The molecule has 0 spiro atoms. The van der Waals surface area contributed by atoms with Gasteiger partial charge in [0.15, 0.2) is 0 Å². The van der Waals surface area contributed by atoms with Crippen LogP contribution in [0, 0.1) is 5.92 Å². The molecule has 2 heteroatoms. The molecule has 84 valence electrons. The van der Waals surface area contributed by atoms with Gasteiger partial charge >= 0.3 is 0 Å². The summed E-state index contributed by atoms with van der Waals surface area (Å²) in [4.78, 5) is 1.35. The van der Waals surface area contributed by atoms with Crippen molar-refractivity contribution in [2.24, 2.45) is 5.92 Å². The van der Waals surface area contributed by atoms with Gasteiger partial charge in [-0.05, 0) is 23.6 Å². The molecule has 0 bridgehead atoms. The fourth-order valence-electron chi connectivity index (χ4n) is 1.49. The smallest absolute Gasteiger partial charge is 0.0474 e. The monoisotopic (exact) mass is 242 g/mol. The maximum atomic E-state index is 5.74. The molecule has 0 aliphatic carbocycles. The second-order valence-electron chi connectivity index (χ2n) is 3.98. The van der Waals surface area contributed by atoms with E-state index in [4.69, 9.17) is 11.6 Å². The predicted octanol–water partition coefficient (Wildman–Crippen LogP) is 4.95. The molecule has 0 saturated heterocycles. The zero-order valence-corrected chi connectivity index (χ0v) is 11.1. The van der Waals surface area contributed by atoms with Crippen LogP contribution < -0.4 is 0 Å². The van der Waals surface area contributed by atoms with E-state index in [1.807, 2.05) is 11.8 Å². The number of halogens is 1. The van der Waals surface area contributed by atoms with Gasteiger partial charge in [-0.3, -0.25) is 0 Å². The minimum atomic E-state index is 0.608. The summed E-state index contributed by atoms with van der Waals surface area (Å²) >= 11 is 7.69. The average molecular weight is 243 g/mol. The minimum Gasteiger partial charge on any atom is -0.126 e. The van der Waals surface area contributed by atoms with Gasteiger partial charge in [-0.2, -0.15) is 0 Å². The summed E-state index contributed by atoms with van der Waals surface area (Å²) in [5.41, 5.74) is 1.20. The molecular weight excluding hydrogens is 224 g/mol. The van der Waals surface area contributed by atoms with Gasteiger partial charge < -0.3 is 0 Å². The third-order valence-corrected chi connectivity index (χ3v) is 4.04. The van der Waals surface area contributed by atoms with Gasteiger partial charge in [-0.1, -0.05) is 38.8 Å². The predicted molar refractivity (Wildman–Crippen MR) is 70.8 cm³/mol. The Morgan fingerprint density at radius 3 is 2.47 bits per heavy atom. The number of alkyl halides is 1. The molecular formula is C13H19ClS. The molecule has 0 nitrogen and oxygen atoms in total. The third kappa shape index (κ3) is 4.94. The van der Waals surface area contributed by atoms with E-state index in [-0.39, 0.29) is 0 Å². The van der Waals surface area contributed by atoms with Gasteiger partial charge in [0.05, 0.1) is 0 Å². The Bertz CT molecular complexity index is 268. The van der Waals surface area contributed by atoms with Gasteiger partial charge in [0.25, 0.3) is 0 Å². The lowest BCUT2D eigenvalue weighted by Crippen LogP contribution is -1.96. The molecule has 0 aromatic heterocycles. The van der Waals surface area contributed by atoms with Crippen LogP contribution in [-0.2, 0) is 5.88 Å². The molecule has 1 atom stereocenters. The van der Waals surface area contributed by atoms with Crippen LogP contribution in [0.5, 0.6) is 0 Å². The fraction of sp³-hybridized carbons (Fsp3) is 0.538. The molecule has 1 rings (SSSR count). The van der Waals surface area contributed by atoms with Crippen molar-refractivity contribution in [2.75, 3.05) is 5.75 Å². The molecule has 0 aliphatic rings. The first-order chi connectivity index (χ1) is 7.26. The van der Waals surface area contributed by atoms with Crippen LogP contribution in [0.3, 0.4) is 0 Å². The highest BCUT2D eigenvalue weighted by Gasteiger charge is 2.01. The van der Waals surface area contributed by atoms with E-state index in [0.717, 1.165) is 5.92 Å². The van der Waals surface area contributed by atoms with E-state index in [1.54, 1.807) is 0 Å². The van der Waals surface area contributed by atoms with Crippen LogP contribution in [0.15, 0.2) is 29.2 Å². The molecule has 0 amide bonds. The summed E-state index contributed by atoms with van der Waals surface area (Å²) in [7, 11) is 0. The lowest BCUT2D eigenvalue weighted by atomic mass is 10.1. The van der Waals surface area contributed by atoms with E-state index in [9.17, 15) is 0 Å². The Morgan fingerprint density at radius 2 is 1.93 bits per heavy atom. The maximum Gasteiger partial charge on any atom is 0.0474 e. The van der Waals surface area contributed by atoms with Crippen molar-refractivity contribution in [3.05, 3.63) is 29.8 Å². The second-order valence-corrected chi connectivity index (χ2v) is 5.34. The lowest BCUT2D eigenvalue weighted by Gasteiger charge is -2.09. The van der Waals surface area contributed by atoms with Crippen LogP contribution in [-0.4, -0.2) is 5.75 Å². The molecule has 0 heterocycles. The topological polar surface area (TPSA) is 0 Å². The van der Waals surface area contributed by atoms with Crippen molar-refractivity contribution in [3.8, 4) is 0 Å². The maximum absolute atomic E-state index is 5.74. The SMILES string of the molecule is CCCC(C)CSc1ccc(CCl)cc1. The first-order valence-electron chi connectivity index (χ1n) is 5.54. The first kappa shape index (κ1) is 12.9. The van der Waals surface area contributed by atoms with Crippen LogP contribution in [0.4, 0.5) is 0 Å². The summed E-state index contributed by atoms with van der Waals surface area (Å²) in [5, 5.41) is 0. The highest BCUT2D eigenvalue weighted by atomic mass is 35.5. The van der Waals surface area contributed by atoms with Crippen molar-refractivity contribution < 1.29 is 0 Å². The van der Waals surface area contributed by atoms with E-state index in [2.05, 4.69) is 38.1 Å². The molecule has 1 aromatic carbocycles. The Labute approximate surface area is 102 Å². The summed E-state index contributed by atoms with van der Waals surface area (Å²) in [6, 6.07) is 8.56. The zero-order chi connectivity index (χ0) is 11.1. The lowest BCUT2D eigenvalue weighted by molar-refractivity contribution is 0.585. The molecule has 0 fully saturated rings. The molecule has 0 radical (unpaired) electrons. The summed E-state index contributed by atoms with van der Waals surface area (Å²) in [6.07, 6.45) is 2.61. The minimum absolute atomic E-state index is 0.608. The van der Waals surface area contributed by atoms with Crippen LogP contribution in [0.25, 0.3) is 0 Å². The standard InChI is InChI=1S/C13H19ClS/c1-3-4-11(2)10-15-13-7-5-12(9-14)6-8-13/h5-8,11H,3-4,9-10H2,1-2H3.